The molecule has 0 aliphatic rings. The van der Waals surface area contributed by atoms with Gasteiger partial charge in [-0.2, -0.15) is 0 Å². The van der Waals surface area contributed by atoms with Crippen molar-refractivity contribution in [2.24, 2.45) is 11.1 Å². The molecule has 0 aliphatic heterocycles. The van der Waals surface area contributed by atoms with Gasteiger partial charge in [0.2, 0.25) is 0 Å². The van der Waals surface area contributed by atoms with Crippen molar-refractivity contribution >= 4 is 12.4 Å². The Hall–Kier alpha value is -0.730. The summed E-state index contributed by atoms with van der Waals surface area (Å²) in [6.07, 6.45) is 2.00. The minimum atomic E-state index is 0. The molecule has 0 bridgehead atoms. The second kappa shape index (κ2) is 8.21. The lowest BCUT2D eigenvalue weighted by Gasteiger charge is -2.33. The van der Waals surface area contributed by atoms with Crippen molar-refractivity contribution < 1.29 is 4.74 Å². The van der Waals surface area contributed by atoms with Crippen LogP contribution in [-0.2, 0) is 11.8 Å². The second-order valence-corrected chi connectivity index (χ2v) is 8.06. The van der Waals surface area contributed by atoms with E-state index in [0.717, 1.165) is 18.6 Å². The highest BCUT2D eigenvalue weighted by molar-refractivity contribution is 5.85. The molecule has 2 nitrogen and oxygen atoms in total. The molecule has 0 fully saturated rings. The minimum Gasteiger partial charge on any atom is -0.494 e. The summed E-state index contributed by atoms with van der Waals surface area (Å²) < 4.78 is 5.75. The van der Waals surface area contributed by atoms with E-state index in [-0.39, 0.29) is 23.9 Å². The molecule has 1 aromatic carbocycles. The van der Waals surface area contributed by atoms with Gasteiger partial charge in [-0.25, -0.2) is 0 Å². The van der Waals surface area contributed by atoms with E-state index < -0.39 is 0 Å². The van der Waals surface area contributed by atoms with Crippen molar-refractivity contribution in [3.63, 3.8) is 0 Å². The molecule has 1 rings (SSSR count). The fraction of sp³-hybridized carbons (Fsp3) is 0.684. The predicted octanol–water partition coefficient (Wildman–Crippen LogP) is 5.11. The van der Waals surface area contributed by atoms with Gasteiger partial charge in [0.15, 0.2) is 0 Å². The molecule has 0 aliphatic carbocycles. The Labute approximate surface area is 143 Å². The van der Waals surface area contributed by atoms with Crippen LogP contribution in [0, 0.1) is 5.41 Å². The molecule has 22 heavy (non-hydrogen) atoms. The van der Waals surface area contributed by atoms with Crippen molar-refractivity contribution in [1.29, 1.82) is 0 Å². The first-order valence-corrected chi connectivity index (χ1v) is 8.07. The van der Waals surface area contributed by atoms with Crippen LogP contribution in [0.1, 0.15) is 66.0 Å². The number of hydrogen-bond acceptors (Lipinski definition) is 2. The first kappa shape index (κ1) is 21.3. The van der Waals surface area contributed by atoms with E-state index in [2.05, 4.69) is 52.8 Å². The van der Waals surface area contributed by atoms with Gasteiger partial charge >= 0.3 is 0 Å². The van der Waals surface area contributed by atoms with E-state index in [0.29, 0.717) is 12.0 Å². The maximum absolute atomic E-state index is 5.99. The van der Waals surface area contributed by atoms with Crippen molar-refractivity contribution in [3.05, 3.63) is 29.3 Å². The highest BCUT2D eigenvalue weighted by Gasteiger charge is 2.27. The topological polar surface area (TPSA) is 35.2 Å². The van der Waals surface area contributed by atoms with Crippen LogP contribution in [-0.4, -0.2) is 12.6 Å². The fourth-order valence-corrected chi connectivity index (χ4v) is 3.23. The molecule has 0 spiro atoms. The van der Waals surface area contributed by atoms with Gasteiger partial charge in [-0.1, -0.05) is 46.8 Å². The number of ether oxygens (including phenoxy) is 1. The SMILES string of the molecule is CCOc1ccc(C(C)(C)CC(C)(C)C)cc1CC(C)N.Cl. The lowest BCUT2D eigenvalue weighted by atomic mass is 9.72. The van der Waals surface area contributed by atoms with Crippen LogP contribution in [0.4, 0.5) is 0 Å². The molecule has 0 saturated heterocycles. The molecule has 2 N–H and O–H groups in total. The Morgan fingerprint density at radius 1 is 1.14 bits per heavy atom. The van der Waals surface area contributed by atoms with Gasteiger partial charge in [0.25, 0.3) is 0 Å². The van der Waals surface area contributed by atoms with Gasteiger partial charge in [0, 0.05) is 6.04 Å². The first-order chi connectivity index (χ1) is 9.55. The molecule has 0 radical (unpaired) electrons. The molecule has 128 valence electrons. The third-order valence-corrected chi connectivity index (χ3v) is 3.66. The van der Waals surface area contributed by atoms with Gasteiger partial charge in [-0.15, -0.1) is 12.4 Å². The van der Waals surface area contributed by atoms with Crippen LogP contribution in [0.15, 0.2) is 18.2 Å². The standard InChI is InChI=1S/C19H33NO.ClH/c1-8-21-17-10-9-16(12-15(17)11-14(2)20)19(6,7)13-18(3,4)5;/h9-10,12,14H,8,11,13,20H2,1-7H3;1H. The maximum Gasteiger partial charge on any atom is 0.122 e. The summed E-state index contributed by atoms with van der Waals surface area (Å²) in [6, 6.07) is 6.76. The summed E-state index contributed by atoms with van der Waals surface area (Å²) in [5.74, 6) is 0.977. The average Bonchev–Trinajstić information content (AvgIpc) is 2.27. The maximum atomic E-state index is 5.99. The van der Waals surface area contributed by atoms with Crippen molar-refractivity contribution in [2.45, 2.75) is 72.8 Å². The highest BCUT2D eigenvalue weighted by atomic mass is 35.5. The summed E-state index contributed by atoms with van der Waals surface area (Å²) >= 11 is 0. The third kappa shape index (κ3) is 6.58. The lowest BCUT2D eigenvalue weighted by molar-refractivity contribution is 0.283. The Balaban J connectivity index is 0.00000441. The van der Waals surface area contributed by atoms with E-state index >= 15 is 0 Å². The normalized spacial score (nSPS) is 13.5. The van der Waals surface area contributed by atoms with Crippen molar-refractivity contribution in [2.75, 3.05) is 6.61 Å². The zero-order valence-corrected chi connectivity index (χ0v) is 16.1. The monoisotopic (exact) mass is 327 g/mol. The van der Waals surface area contributed by atoms with Crippen LogP contribution < -0.4 is 10.5 Å². The van der Waals surface area contributed by atoms with Crippen LogP contribution in [0.3, 0.4) is 0 Å². The molecule has 1 aromatic rings. The molecule has 0 heterocycles. The fourth-order valence-electron chi connectivity index (χ4n) is 3.23. The highest BCUT2D eigenvalue weighted by Crippen LogP contribution is 2.37. The van der Waals surface area contributed by atoms with Gasteiger partial charge in [0.1, 0.15) is 5.75 Å². The van der Waals surface area contributed by atoms with Crippen LogP contribution >= 0.6 is 12.4 Å². The Bertz CT molecular complexity index is 461. The van der Waals surface area contributed by atoms with Crippen LogP contribution in [0.25, 0.3) is 0 Å². The lowest BCUT2D eigenvalue weighted by Crippen LogP contribution is -2.25. The zero-order chi connectivity index (χ0) is 16.3. The summed E-state index contributed by atoms with van der Waals surface area (Å²) in [5.41, 5.74) is 9.05. The molecular formula is C19H34ClNO. The molecular weight excluding hydrogens is 294 g/mol. The number of rotatable bonds is 6. The van der Waals surface area contributed by atoms with Gasteiger partial charge in [-0.05, 0) is 54.7 Å². The van der Waals surface area contributed by atoms with Gasteiger partial charge in [0.05, 0.1) is 6.61 Å². The Morgan fingerprint density at radius 3 is 2.18 bits per heavy atom. The summed E-state index contributed by atoms with van der Waals surface area (Å²) in [5, 5.41) is 0. The largest absolute Gasteiger partial charge is 0.494 e. The van der Waals surface area contributed by atoms with E-state index in [1.807, 2.05) is 13.8 Å². The van der Waals surface area contributed by atoms with E-state index in [4.69, 9.17) is 10.5 Å². The summed E-state index contributed by atoms with van der Waals surface area (Å²) in [7, 11) is 0. The third-order valence-electron chi connectivity index (χ3n) is 3.66. The quantitative estimate of drug-likeness (QED) is 0.787. The van der Waals surface area contributed by atoms with E-state index in [1.165, 1.54) is 11.1 Å². The minimum absolute atomic E-state index is 0. The Morgan fingerprint density at radius 2 is 1.73 bits per heavy atom. The van der Waals surface area contributed by atoms with Crippen molar-refractivity contribution in [1.82, 2.24) is 0 Å². The molecule has 1 atom stereocenters. The number of halogens is 1. The number of hydrogen-bond donors (Lipinski definition) is 1. The Kier molecular flexibility index (Phi) is 7.94. The second-order valence-electron chi connectivity index (χ2n) is 8.06. The van der Waals surface area contributed by atoms with Crippen LogP contribution in [0.5, 0.6) is 5.75 Å². The van der Waals surface area contributed by atoms with Crippen molar-refractivity contribution in [3.8, 4) is 5.75 Å². The van der Waals surface area contributed by atoms with Crippen LogP contribution in [0.2, 0.25) is 0 Å². The summed E-state index contributed by atoms with van der Waals surface area (Å²) in [4.78, 5) is 0. The summed E-state index contributed by atoms with van der Waals surface area (Å²) in [6.45, 7) is 16.3. The number of nitrogens with two attached hydrogens (primary N) is 1. The predicted molar refractivity (Wildman–Crippen MR) is 99.3 cm³/mol. The zero-order valence-electron chi connectivity index (χ0n) is 15.3. The van der Waals surface area contributed by atoms with E-state index in [1.54, 1.807) is 0 Å². The van der Waals surface area contributed by atoms with E-state index in [9.17, 15) is 0 Å². The molecule has 1 unspecified atom stereocenters. The first-order valence-electron chi connectivity index (χ1n) is 8.07. The van der Waals surface area contributed by atoms with Gasteiger partial charge < -0.3 is 10.5 Å². The molecule has 0 aromatic heterocycles. The molecule has 0 saturated carbocycles. The van der Waals surface area contributed by atoms with Gasteiger partial charge in [-0.3, -0.25) is 0 Å². The number of benzene rings is 1. The molecule has 0 amide bonds. The average molecular weight is 328 g/mol. The smallest absolute Gasteiger partial charge is 0.122 e. The molecule has 3 heteroatoms.